The third-order valence-corrected chi connectivity index (χ3v) is 4.17. The van der Waals surface area contributed by atoms with Gasteiger partial charge in [-0.15, -0.1) is 22.9 Å². The number of aliphatic hydroxyl groups is 1. The van der Waals surface area contributed by atoms with Crippen LogP contribution in [-0.4, -0.2) is 40.7 Å². The summed E-state index contributed by atoms with van der Waals surface area (Å²) in [7, 11) is 0. The molecule has 3 nitrogen and oxygen atoms in total. The van der Waals surface area contributed by atoms with Gasteiger partial charge in [-0.1, -0.05) is 0 Å². The van der Waals surface area contributed by atoms with Crippen LogP contribution in [0, 0.1) is 0 Å². The lowest BCUT2D eigenvalue weighted by Crippen LogP contribution is -2.34. The fraction of sp³-hybridized carbons (Fsp3) is 0.769. The number of thiazole rings is 1. The second-order valence-corrected chi connectivity index (χ2v) is 5.89. The SMILES string of the molecule is CC(C)N(CCO)CCCCc1nc(CCl)cs1. The topological polar surface area (TPSA) is 36.4 Å². The van der Waals surface area contributed by atoms with Crippen molar-refractivity contribution in [3.05, 3.63) is 16.1 Å². The molecule has 0 amide bonds. The van der Waals surface area contributed by atoms with Gasteiger partial charge in [-0.05, 0) is 39.7 Å². The van der Waals surface area contributed by atoms with Gasteiger partial charge in [-0.3, -0.25) is 4.90 Å². The highest BCUT2D eigenvalue weighted by Gasteiger charge is 2.08. The zero-order valence-electron chi connectivity index (χ0n) is 11.2. The van der Waals surface area contributed by atoms with E-state index >= 15 is 0 Å². The van der Waals surface area contributed by atoms with Crippen molar-refractivity contribution in [2.45, 2.75) is 45.0 Å². The average molecular weight is 291 g/mol. The smallest absolute Gasteiger partial charge is 0.0928 e. The molecule has 0 atom stereocenters. The number of aliphatic hydroxyl groups excluding tert-OH is 1. The fourth-order valence-corrected chi connectivity index (χ4v) is 2.94. The standard InChI is InChI=1S/C13H23ClN2OS/c1-11(2)16(7-8-17)6-4-3-5-13-15-12(9-14)10-18-13/h10-11,17H,3-9H2,1-2H3. The summed E-state index contributed by atoms with van der Waals surface area (Å²) in [5.74, 6) is 0.508. The van der Waals surface area contributed by atoms with Gasteiger partial charge in [-0.25, -0.2) is 4.98 Å². The molecule has 1 aromatic rings. The van der Waals surface area contributed by atoms with Crippen molar-refractivity contribution in [2.75, 3.05) is 19.7 Å². The summed E-state index contributed by atoms with van der Waals surface area (Å²) in [5.41, 5.74) is 0.987. The number of aryl methyl sites for hydroxylation is 1. The highest BCUT2D eigenvalue weighted by atomic mass is 35.5. The van der Waals surface area contributed by atoms with Crippen molar-refractivity contribution in [2.24, 2.45) is 0 Å². The molecular formula is C13H23ClN2OS. The van der Waals surface area contributed by atoms with Gasteiger partial charge < -0.3 is 5.11 Å². The van der Waals surface area contributed by atoms with Gasteiger partial charge in [0.15, 0.2) is 0 Å². The Bertz CT molecular complexity index is 331. The van der Waals surface area contributed by atoms with E-state index < -0.39 is 0 Å². The molecule has 0 spiro atoms. The van der Waals surface area contributed by atoms with Crippen molar-refractivity contribution in [1.29, 1.82) is 0 Å². The summed E-state index contributed by atoms with van der Waals surface area (Å²) < 4.78 is 0. The van der Waals surface area contributed by atoms with E-state index in [9.17, 15) is 0 Å². The molecule has 1 aromatic heterocycles. The summed E-state index contributed by atoms with van der Waals surface area (Å²) in [6, 6.07) is 0.500. The number of rotatable bonds is 9. The van der Waals surface area contributed by atoms with Crippen LogP contribution >= 0.6 is 22.9 Å². The van der Waals surface area contributed by atoms with Crippen molar-refractivity contribution >= 4 is 22.9 Å². The lowest BCUT2D eigenvalue weighted by Gasteiger charge is -2.25. The summed E-state index contributed by atoms with van der Waals surface area (Å²) in [5, 5.41) is 12.2. The highest BCUT2D eigenvalue weighted by Crippen LogP contribution is 2.14. The third-order valence-electron chi connectivity index (χ3n) is 2.94. The zero-order valence-corrected chi connectivity index (χ0v) is 12.8. The van der Waals surface area contributed by atoms with Crippen LogP contribution in [0.5, 0.6) is 0 Å². The van der Waals surface area contributed by atoms with Crippen molar-refractivity contribution in [1.82, 2.24) is 9.88 Å². The summed E-state index contributed by atoms with van der Waals surface area (Å²) in [6.07, 6.45) is 3.32. The number of unbranched alkanes of at least 4 members (excludes halogenated alkanes) is 1. The van der Waals surface area contributed by atoms with Crippen LogP contribution < -0.4 is 0 Å². The number of halogens is 1. The monoisotopic (exact) mass is 290 g/mol. The van der Waals surface area contributed by atoms with Crippen LogP contribution in [-0.2, 0) is 12.3 Å². The van der Waals surface area contributed by atoms with Crippen LogP contribution in [0.3, 0.4) is 0 Å². The van der Waals surface area contributed by atoms with Crippen molar-refractivity contribution in [3.63, 3.8) is 0 Å². The second kappa shape index (κ2) is 8.86. The lowest BCUT2D eigenvalue weighted by atomic mass is 10.2. The molecule has 0 aliphatic rings. The maximum absolute atomic E-state index is 8.99. The summed E-state index contributed by atoms with van der Waals surface area (Å²) in [4.78, 5) is 6.76. The Balaban J connectivity index is 2.20. The van der Waals surface area contributed by atoms with Gasteiger partial charge in [0, 0.05) is 18.0 Å². The van der Waals surface area contributed by atoms with E-state index in [2.05, 4.69) is 23.7 Å². The van der Waals surface area contributed by atoms with Crippen LogP contribution in [0.15, 0.2) is 5.38 Å². The molecule has 0 unspecified atom stereocenters. The molecule has 0 bridgehead atoms. The van der Waals surface area contributed by atoms with Crippen LogP contribution in [0.2, 0.25) is 0 Å². The van der Waals surface area contributed by atoms with E-state index in [0.717, 1.165) is 38.0 Å². The highest BCUT2D eigenvalue weighted by molar-refractivity contribution is 7.09. The number of alkyl halides is 1. The van der Waals surface area contributed by atoms with Gasteiger partial charge in [0.2, 0.25) is 0 Å². The predicted octanol–water partition coefficient (Wildman–Crippen LogP) is 2.91. The van der Waals surface area contributed by atoms with E-state index in [4.69, 9.17) is 16.7 Å². The minimum absolute atomic E-state index is 0.240. The Hall–Kier alpha value is -0.160. The predicted molar refractivity (Wildman–Crippen MR) is 78.4 cm³/mol. The van der Waals surface area contributed by atoms with Gasteiger partial charge in [-0.2, -0.15) is 0 Å². The molecule has 104 valence electrons. The van der Waals surface area contributed by atoms with Gasteiger partial charge in [0.1, 0.15) is 0 Å². The van der Waals surface area contributed by atoms with Crippen LogP contribution in [0.25, 0.3) is 0 Å². The first-order valence-corrected chi connectivity index (χ1v) is 7.93. The summed E-state index contributed by atoms with van der Waals surface area (Å²) >= 11 is 7.43. The fourth-order valence-electron chi connectivity index (χ4n) is 1.87. The number of hydrogen-bond acceptors (Lipinski definition) is 4. The molecule has 1 heterocycles. The number of aromatic nitrogens is 1. The molecule has 1 rings (SSSR count). The quantitative estimate of drug-likeness (QED) is 0.561. The molecule has 0 fully saturated rings. The molecule has 0 saturated carbocycles. The first-order valence-electron chi connectivity index (χ1n) is 6.51. The van der Waals surface area contributed by atoms with E-state index in [1.54, 1.807) is 11.3 Å². The largest absolute Gasteiger partial charge is 0.395 e. The molecule has 5 heteroatoms. The van der Waals surface area contributed by atoms with Gasteiger partial charge in [0.25, 0.3) is 0 Å². The maximum atomic E-state index is 8.99. The molecule has 1 N–H and O–H groups in total. The molecule has 0 saturated heterocycles. The lowest BCUT2D eigenvalue weighted by molar-refractivity contribution is 0.163. The minimum atomic E-state index is 0.240. The van der Waals surface area contributed by atoms with Crippen molar-refractivity contribution < 1.29 is 5.11 Å². The average Bonchev–Trinajstić information content (AvgIpc) is 2.80. The van der Waals surface area contributed by atoms with E-state index in [0.29, 0.717) is 11.9 Å². The summed E-state index contributed by atoms with van der Waals surface area (Å²) in [6.45, 7) is 6.40. The molecule has 0 radical (unpaired) electrons. The maximum Gasteiger partial charge on any atom is 0.0928 e. The number of hydrogen-bond donors (Lipinski definition) is 1. The Morgan fingerprint density at radius 2 is 2.17 bits per heavy atom. The molecule has 18 heavy (non-hydrogen) atoms. The van der Waals surface area contributed by atoms with E-state index in [1.807, 2.05) is 5.38 Å². The molecule has 0 aliphatic heterocycles. The normalized spacial score (nSPS) is 11.7. The van der Waals surface area contributed by atoms with Gasteiger partial charge >= 0.3 is 0 Å². The van der Waals surface area contributed by atoms with E-state index in [-0.39, 0.29) is 6.61 Å². The molecular weight excluding hydrogens is 268 g/mol. The first-order chi connectivity index (χ1) is 8.67. The zero-order chi connectivity index (χ0) is 13.4. The van der Waals surface area contributed by atoms with E-state index in [1.165, 1.54) is 5.01 Å². The molecule has 0 aromatic carbocycles. The molecule has 0 aliphatic carbocycles. The second-order valence-electron chi connectivity index (χ2n) is 4.68. The Morgan fingerprint density at radius 3 is 2.72 bits per heavy atom. The Kier molecular flexibility index (Phi) is 7.82. The van der Waals surface area contributed by atoms with Crippen molar-refractivity contribution in [3.8, 4) is 0 Å². The van der Waals surface area contributed by atoms with Crippen LogP contribution in [0.1, 0.15) is 37.4 Å². The Labute approximate surface area is 119 Å². The minimum Gasteiger partial charge on any atom is -0.395 e. The third kappa shape index (κ3) is 5.65. The van der Waals surface area contributed by atoms with Crippen LogP contribution in [0.4, 0.5) is 0 Å². The first kappa shape index (κ1) is 15.9. The number of nitrogens with zero attached hydrogens (tertiary/aromatic N) is 2. The van der Waals surface area contributed by atoms with Gasteiger partial charge in [0.05, 0.1) is 23.2 Å². The Morgan fingerprint density at radius 1 is 1.39 bits per heavy atom.